The van der Waals surface area contributed by atoms with Gasteiger partial charge in [0, 0.05) is 12.2 Å². The van der Waals surface area contributed by atoms with Crippen LogP contribution < -0.4 is 0 Å². The number of hydrogen-bond donors (Lipinski definition) is 1. The van der Waals surface area contributed by atoms with E-state index in [2.05, 4.69) is 4.98 Å². The molecule has 1 aromatic heterocycles. The maximum atomic E-state index is 10.2. The van der Waals surface area contributed by atoms with Crippen LogP contribution in [0.5, 0.6) is 0 Å². The molecule has 0 saturated carbocycles. The van der Waals surface area contributed by atoms with Crippen molar-refractivity contribution in [1.29, 1.82) is 0 Å². The lowest BCUT2D eigenvalue weighted by Gasteiger charge is -1.82. The Balaban J connectivity index is 2.85. The fourth-order valence-corrected chi connectivity index (χ4v) is 1.04. The Kier molecular flexibility index (Phi) is 3.08. The molecule has 0 aliphatic rings. The van der Waals surface area contributed by atoms with Crippen molar-refractivity contribution < 1.29 is 14.3 Å². The van der Waals surface area contributed by atoms with Gasteiger partial charge in [-0.1, -0.05) is 0 Å². The third-order valence-corrected chi connectivity index (χ3v) is 1.66. The maximum absolute atomic E-state index is 10.2. The molecule has 1 heterocycles. The van der Waals surface area contributed by atoms with Crippen LogP contribution in [0.3, 0.4) is 0 Å². The highest BCUT2D eigenvalue weighted by Gasteiger charge is 2.05. The zero-order valence-electron chi connectivity index (χ0n) is 6.95. The quantitative estimate of drug-likeness (QED) is 0.599. The molecule has 0 aromatic carbocycles. The molecule has 0 bridgehead atoms. The molecule has 0 aliphatic carbocycles. The number of hydrogen-bond acceptors (Lipinski definition) is 3. The van der Waals surface area contributed by atoms with E-state index in [4.69, 9.17) is 21.1 Å². The van der Waals surface area contributed by atoms with E-state index >= 15 is 0 Å². The Hall–Kier alpha value is -1.29. The highest BCUT2D eigenvalue weighted by Crippen LogP contribution is 2.12. The number of rotatable bonds is 3. The predicted molar refractivity (Wildman–Crippen MR) is 47.5 cm³/mol. The van der Waals surface area contributed by atoms with Gasteiger partial charge in [0.1, 0.15) is 5.76 Å². The van der Waals surface area contributed by atoms with Crippen molar-refractivity contribution >= 4 is 23.6 Å². The zero-order valence-corrected chi connectivity index (χ0v) is 7.71. The Morgan fingerprint density at radius 2 is 2.46 bits per heavy atom. The fraction of sp³-hybridized carbons (Fsp3) is 0.250. The van der Waals surface area contributed by atoms with Crippen LogP contribution >= 0.6 is 11.6 Å². The number of alkyl halides is 1. The average Bonchev–Trinajstić information content (AvgIpc) is 2.43. The number of carboxylic acid groups (broad SMARTS) is 1. The SMILES string of the molecule is Cc1oc(C=CC(=O)O)nc1CCl. The van der Waals surface area contributed by atoms with Gasteiger partial charge in [-0.3, -0.25) is 0 Å². The minimum absolute atomic E-state index is 0.260. The molecule has 0 fully saturated rings. The van der Waals surface area contributed by atoms with Crippen LogP contribution in [0.1, 0.15) is 17.3 Å². The highest BCUT2D eigenvalue weighted by molar-refractivity contribution is 6.16. The molecule has 1 aromatic rings. The van der Waals surface area contributed by atoms with Gasteiger partial charge in [0.05, 0.1) is 11.6 Å². The molecule has 70 valence electrons. The summed E-state index contributed by atoms with van der Waals surface area (Å²) in [5.41, 5.74) is 0.631. The topological polar surface area (TPSA) is 63.3 Å². The molecule has 0 atom stereocenters. The van der Waals surface area contributed by atoms with Crippen molar-refractivity contribution in [3.05, 3.63) is 23.4 Å². The Labute approximate surface area is 79.8 Å². The molecule has 0 amide bonds. The minimum Gasteiger partial charge on any atom is -0.478 e. The smallest absolute Gasteiger partial charge is 0.328 e. The summed E-state index contributed by atoms with van der Waals surface area (Å²) in [5, 5.41) is 8.33. The van der Waals surface area contributed by atoms with Crippen molar-refractivity contribution in [1.82, 2.24) is 4.98 Å². The summed E-state index contributed by atoms with van der Waals surface area (Å²) in [6.45, 7) is 1.73. The number of aryl methyl sites for hydroxylation is 1. The van der Waals surface area contributed by atoms with E-state index in [1.165, 1.54) is 6.08 Å². The van der Waals surface area contributed by atoms with E-state index < -0.39 is 5.97 Å². The Morgan fingerprint density at radius 1 is 1.77 bits per heavy atom. The Bertz CT molecular complexity index is 343. The normalized spacial score (nSPS) is 10.9. The summed E-state index contributed by atoms with van der Waals surface area (Å²) < 4.78 is 5.11. The highest BCUT2D eigenvalue weighted by atomic mass is 35.5. The van der Waals surface area contributed by atoms with Crippen LogP contribution in [0.4, 0.5) is 0 Å². The average molecular weight is 202 g/mol. The molecule has 1 rings (SSSR count). The number of aliphatic carboxylic acids is 1. The third kappa shape index (κ3) is 2.59. The number of aromatic nitrogens is 1. The fourth-order valence-electron chi connectivity index (χ4n) is 0.788. The number of halogens is 1. The summed E-state index contributed by atoms with van der Waals surface area (Å²) in [6, 6.07) is 0. The van der Waals surface area contributed by atoms with Crippen molar-refractivity contribution in [2.45, 2.75) is 12.8 Å². The van der Waals surface area contributed by atoms with Crippen molar-refractivity contribution in [2.24, 2.45) is 0 Å². The van der Waals surface area contributed by atoms with Crippen LogP contribution in [0.15, 0.2) is 10.5 Å². The molecule has 0 aliphatic heterocycles. The van der Waals surface area contributed by atoms with E-state index in [1.807, 2.05) is 0 Å². The lowest BCUT2D eigenvalue weighted by atomic mass is 10.4. The second kappa shape index (κ2) is 4.09. The number of carboxylic acids is 1. The molecular weight excluding hydrogens is 194 g/mol. The van der Waals surface area contributed by atoms with Gasteiger partial charge in [0.2, 0.25) is 5.89 Å². The van der Waals surface area contributed by atoms with E-state index in [1.54, 1.807) is 6.92 Å². The lowest BCUT2D eigenvalue weighted by molar-refractivity contribution is -0.131. The third-order valence-electron chi connectivity index (χ3n) is 1.40. The van der Waals surface area contributed by atoms with Gasteiger partial charge in [-0.2, -0.15) is 0 Å². The molecule has 4 nitrogen and oxygen atoms in total. The largest absolute Gasteiger partial charge is 0.478 e. The summed E-state index contributed by atoms with van der Waals surface area (Å²) >= 11 is 5.55. The molecular formula is C8H8ClNO3. The number of nitrogens with zero attached hydrogens (tertiary/aromatic N) is 1. The van der Waals surface area contributed by atoms with Crippen LogP contribution in [-0.2, 0) is 10.7 Å². The number of oxazole rings is 1. The molecule has 1 N–H and O–H groups in total. The van der Waals surface area contributed by atoms with Crippen molar-refractivity contribution in [3.8, 4) is 0 Å². The number of carbonyl (C=O) groups is 1. The van der Waals surface area contributed by atoms with Gasteiger partial charge in [0.25, 0.3) is 0 Å². The van der Waals surface area contributed by atoms with Gasteiger partial charge in [-0.25, -0.2) is 9.78 Å². The summed E-state index contributed by atoms with van der Waals surface area (Å²) in [4.78, 5) is 14.1. The van der Waals surface area contributed by atoms with E-state index in [-0.39, 0.29) is 11.8 Å². The van der Waals surface area contributed by atoms with Gasteiger partial charge in [0.15, 0.2) is 0 Å². The second-order valence-electron chi connectivity index (χ2n) is 2.36. The van der Waals surface area contributed by atoms with Gasteiger partial charge in [-0.15, -0.1) is 11.6 Å². The van der Waals surface area contributed by atoms with Gasteiger partial charge >= 0.3 is 5.97 Å². The summed E-state index contributed by atoms with van der Waals surface area (Å²) in [6.07, 6.45) is 2.24. The van der Waals surface area contributed by atoms with E-state index in [0.717, 1.165) is 6.08 Å². The van der Waals surface area contributed by atoms with Crippen LogP contribution in [0, 0.1) is 6.92 Å². The van der Waals surface area contributed by atoms with E-state index in [0.29, 0.717) is 11.5 Å². The van der Waals surface area contributed by atoms with Crippen molar-refractivity contribution in [3.63, 3.8) is 0 Å². The van der Waals surface area contributed by atoms with Crippen molar-refractivity contribution in [2.75, 3.05) is 0 Å². The molecule has 0 radical (unpaired) electrons. The monoisotopic (exact) mass is 201 g/mol. The molecule has 0 unspecified atom stereocenters. The molecule has 0 saturated heterocycles. The zero-order chi connectivity index (χ0) is 9.84. The van der Waals surface area contributed by atoms with Gasteiger partial charge in [-0.05, 0) is 6.92 Å². The predicted octanol–water partition coefficient (Wildman–Crippen LogP) is 1.82. The first kappa shape index (κ1) is 9.80. The second-order valence-corrected chi connectivity index (χ2v) is 2.63. The maximum Gasteiger partial charge on any atom is 0.328 e. The van der Waals surface area contributed by atoms with E-state index in [9.17, 15) is 4.79 Å². The van der Waals surface area contributed by atoms with Crippen LogP contribution in [0.2, 0.25) is 0 Å². The molecule has 5 heteroatoms. The molecule has 13 heavy (non-hydrogen) atoms. The summed E-state index contributed by atoms with van der Waals surface area (Å²) in [5.74, 6) is 0.0924. The van der Waals surface area contributed by atoms with Crippen LogP contribution in [0.25, 0.3) is 6.08 Å². The first-order chi connectivity index (χ1) is 6.13. The summed E-state index contributed by atoms with van der Waals surface area (Å²) in [7, 11) is 0. The minimum atomic E-state index is -1.04. The lowest BCUT2D eigenvalue weighted by Crippen LogP contribution is -1.85. The standard InChI is InChI=1S/C8H8ClNO3/c1-5-6(4-9)10-7(13-5)2-3-8(11)12/h2-3H,4H2,1H3,(H,11,12). The van der Waals surface area contributed by atoms with Crippen LogP contribution in [-0.4, -0.2) is 16.1 Å². The first-order valence-electron chi connectivity index (χ1n) is 3.56. The Morgan fingerprint density at radius 3 is 2.92 bits per heavy atom. The molecule has 0 spiro atoms. The first-order valence-corrected chi connectivity index (χ1v) is 4.10. The van der Waals surface area contributed by atoms with Gasteiger partial charge < -0.3 is 9.52 Å².